The van der Waals surface area contributed by atoms with Crippen molar-refractivity contribution in [1.82, 2.24) is 10.2 Å². The van der Waals surface area contributed by atoms with Gasteiger partial charge in [-0.05, 0) is 31.5 Å². The van der Waals surface area contributed by atoms with Gasteiger partial charge in [0.05, 0.1) is 0 Å². The monoisotopic (exact) mass is 204 g/mol. The predicted molar refractivity (Wildman–Crippen MR) is 64.2 cm³/mol. The molecule has 1 aromatic carbocycles. The molecule has 2 rings (SSSR count). The van der Waals surface area contributed by atoms with Gasteiger partial charge in [-0.2, -0.15) is 0 Å². The third kappa shape index (κ3) is 2.80. The molecule has 15 heavy (non-hydrogen) atoms. The van der Waals surface area contributed by atoms with Crippen LogP contribution in [0.1, 0.15) is 17.9 Å². The maximum absolute atomic E-state index is 3.21. The van der Waals surface area contributed by atoms with Crippen molar-refractivity contribution in [1.29, 1.82) is 0 Å². The van der Waals surface area contributed by atoms with Crippen LogP contribution in [0.2, 0.25) is 0 Å². The third-order valence-corrected chi connectivity index (χ3v) is 3.22. The predicted octanol–water partition coefficient (Wildman–Crippen LogP) is 1.70. The van der Waals surface area contributed by atoms with Crippen molar-refractivity contribution < 1.29 is 0 Å². The van der Waals surface area contributed by atoms with Gasteiger partial charge in [-0.15, -0.1) is 0 Å². The Balaban J connectivity index is 1.87. The van der Waals surface area contributed by atoms with Gasteiger partial charge in [0.2, 0.25) is 0 Å². The molecule has 1 fully saturated rings. The zero-order valence-electron chi connectivity index (χ0n) is 9.45. The van der Waals surface area contributed by atoms with E-state index < -0.39 is 0 Å². The summed E-state index contributed by atoms with van der Waals surface area (Å²) in [5, 5.41) is 3.21. The topological polar surface area (TPSA) is 15.3 Å². The van der Waals surface area contributed by atoms with Gasteiger partial charge in [0.25, 0.3) is 0 Å². The Hall–Kier alpha value is -0.860. The van der Waals surface area contributed by atoms with E-state index in [0.717, 1.165) is 12.5 Å². The molecule has 1 aromatic rings. The smallest absolute Gasteiger partial charge is 0.0107 e. The van der Waals surface area contributed by atoms with Crippen LogP contribution < -0.4 is 5.32 Å². The summed E-state index contributed by atoms with van der Waals surface area (Å²) in [6.45, 7) is 4.76. The molecular formula is C13H20N2. The van der Waals surface area contributed by atoms with Crippen LogP contribution in [-0.2, 0) is 0 Å². The maximum Gasteiger partial charge on any atom is 0.0107 e. The van der Waals surface area contributed by atoms with Crippen LogP contribution in [0.4, 0.5) is 0 Å². The summed E-state index contributed by atoms with van der Waals surface area (Å²) >= 11 is 0. The number of hydrogen-bond donors (Lipinski definition) is 1. The average molecular weight is 204 g/mol. The van der Waals surface area contributed by atoms with Crippen LogP contribution >= 0.6 is 0 Å². The minimum Gasteiger partial charge on any atom is -0.318 e. The van der Waals surface area contributed by atoms with E-state index in [1.165, 1.54) is 31.6 Å². The summed E-state index contributed by atoms with van der Waals surface area (Å²) in [7, 11) is 2.02. The second kappa shape index (κ2) is 5.29. The van der Waals surface area contributed by atoms with Gasteiger partial charge < -0.3 is 10.2 Å². The highest BCUT2D eigenvalue weighted by Crippen LogP contribution is 2.26. The van der Waals surface area contributed by atoms with Crippen molar-refractivity contribution in [2.75, 3.05) is 33.2 Å². The van der Waals surface area contributed by atoms with Crippen LogP contribution in [-0.4, -0.2) is 38.1 Å². The highest BCUT2D eigenvalue weighted by atomic mass is 15.2. The second-order valence-corrected chi connectivity index (χ2v) is 4.30. The SMILES string of the molecule is CNCCN1CCC(c2ccccc2)C1. The fourth-order valence-electron chi connectivity index (χ4n) is 2.30. The van der Waals surface area contributed by atoms with Crippen molar-refractivity contribution in [3.63, 3.8) is 0 Å². The molecule has 1 N–H and O–H groups in total. The van der Waals surface area contributed by atoms with Crippen LogP contribution in [0.5, 0.6) is 0 Å². The Labute approximate surface area is 92.3 Å². The Kier molecular flexibility index (Phi) is 3.75. The number of likely N-dealkylation sites (N-methyl/N-ethyl adjacent to an activating group) is 1. The largest absolute Gasteiger partial charge is 0.318 e. The van der Waals surface area contributed by atoms with E-state index in [1.54, 1.807) is 0 Å². The molecule has 82 valence electrons. The quantitative estimate of drug-likeness (QED) is 0.803. The number of rotatable bonds is 4. The molecule has 0 saturated carbocycles. The van der Waals surface area contributed by atoms with Crippen LogP contribution in [0.3, 0.4) is 0 Å². The van der Waals surface area contributed by atoms with Gasteiger partial charge >= 0.3 is 0 Å². The third-order valence-electron chi connectivity index (χ3n) is 3.22. The normalized spacial score (nSPS) is 22.1. The fourth-order valence-corrected chi connectivity index (χ4v) is 2.30. The van der Waals surface area contributed by atoms with Gasteiger partial charge in [-0.3, -0.25) is 0 Å². The first-order valence-electron chi connectivity index (χ1n) is 5.82. The first-order valence-corrected chi connectivity index (χ1v) is 5.82. The molecule has 0 radical (unpaired) electrons. The highest BCUT2D eigenvalue weighted by molar-refractivity contribution is 5.20. The molecule has 2 heteroatoms. The van der Waals surface area contributed by atoms with Crippen LogP contribution in [0.25, 0.3) is 0 Å². The summed E-state index contributed by atoms with van der Waals surface area (Å²) in [6.07, 6.45) is 1.31. The van der Waals surface area contributed by atoms with Crippen molar-refractivity contribution in [3.8, 4) is 0 Å². The van der Waals surface area contributed by atoms with E-state index in [-0.39, 0.29) is 0 Å². The molecular weight excluding hydrogens is 184 g/mol. The molecule has 1 unspecified atom stereocenters. The molecule has 0 aliphatic carbocycles. The Bertz CT molecular complexity index is 284. The molecule has 0 aromatic heterocycles. The minimum absolute atomic E-state index is 0.753. The molecule has 0 amide bonds. The Morgan fingerprint density at radius 3 is 2.87 bits per heavy atom. The Morgan fingerprint density at radius 1 is 1.33 bits per heavy atom. The van der Waals surface area contributed by atoms with Crippen molar-refractivity contribution in [3.05, 3.63) is 35.9 Å². The molecule has 1 atom stereocenters. The Morgan fingerprint density at radius 2 is 2.13 bits per heavy atom. The van der Waals surface area contributed by atoms with Crippen LogP contribution in [0.15, 0.2) is 30.3 Å². The van der Waals surface area contributed by atoms with Gasteiger partial charge in [0.1, 0.15) is 0 Å². The number of nitrogens with zero attached hydrogens (tertiary/aromatic N) is 1. The summed E-state index contributed by atoms with van der Waals surface area (Å²) < 4.78 is 0. The number of nitrogens with one attached hydrogen (secondary N) is 1. The molecule has 0 bridgehead atoms. The van der Waals surface area contributed by atoms with Gasteiger partial charge in [0.15, 0.2) is 0 Å². The lowest BCUT2D eigenvalue weighted by Gasteiger charge is -2.15. The summed E-state index contributed by atoms with van der Waals surface area (Å²) in [5.74, 6) is 0.753. The fraction of sp³-hybridized carbons (Fsp3) is 0.538. The molecule has 1 heterocycles. The first-order chi connectivity index (χ1) is 7.40. The zero-order valence-corrected chi connectivity index (χ0v) is 9.45. The van der Waals surface area contributed by atoms with Gasteiger partial charge in [0, 0.05) is 19.6 Å². The standard InChI is InChI=1S/C13H20N2/c1-14-8-10-15-9-7-13(11-15)12-5-3-2-4-6-12/h2-6,13-14H,7-11H2,1H3. The van der Waals surface area contributed by atoms with Crippen molar-refractivity contribution >= 4 is 0 Å². The van der Waals surface area contributed by atoms with Crippen molar-refractivity contribution in [2.24, 2.45) is 0 Å². The highest BCUT2D eigenvalue weighted by Gasteiger charge is 2.22. The summed E-state index contributed by atoms with van der Waals surface area (Å²) in [4.78, 5) is 2.55. The summed E-state index contributed by atoms with van der Waals surface area (Å²) in [5.41, 5.74) is 1.50. The summed E-state index contributed by atoms with van der Waals surface area (Å²) in [6, 6.07) is 10.9. The zero-order chi connectivity index (χ0) is 10.5. The molecule has 2 nitrogen and oxygen atoms in total. The molecule has 1 aliphatic rings. The van der Waals surface area contributed by atoms with E-state index in [1.807, 2.05) is 7.05 Å². The second-order valence-electron chi connectivity index (χ2n) is 4.30. The minimum atomic E-state index is 0.753. The molecule has 1 saturated heterocycles. The van der Waals surface area contributed by atoms with E-state index in [0.29, 0.717) is 0 Å². The number of hydrogen-bond acceptors (Lipinski definition) is 2. The lowest BCUT2D eigenvalue weighted by Crippen LogP contribution is -2.28. The van der Waals surface area contributed by atoms with E-state index in [2.05, 4.69) is 40.5 Å². The van der Waals surface area contributed by atoms with Gasteiger partial charge in [-0.1, -0.05) is 30.3 Å². The molecule has 1 aliphatic heterocycles. The lowest BCUT2D eigenvalue weighted by molar-refractivity contribution is 0.335. The van der Waals surface area contributed by atoms with Crippen molar-refractivity contribution in [2.45, 2.75) is 12.3 Å². The molecule has 0 spiro atoms. The van der Waals surface area contributed by atoms with Crippen LogP contribution in [0, 0.1) is 0 Å². The van der Waals surface area contributed by atoms with E-state index >= 15 is 0 Å². The number of likely N-dealkylation sites (tertiary alicyclic amines) is 1. The maximum atomic E-state index is 3.21. The van der Waals surface area contributed by atoms with Gasteiger partial charge in [-0.25, -0.2) is 0 Å². The van der Waals surface area contributed by atoms with E-state index in [4.69, 9.17) is 0 Å². The lowest BCUT2D eigenvalue weighted by atomic mass is 9.99. The average Bonchev–Trinajstić information content (AvgIpc) is 2.76. The number of benzene rings is 1. The first kappa shape index (κ1) is 10.7. The van der Waals surface area contributed by atoms with E-state index in [9.17, 15) is 0 Å².